The molecule has 0 aliphatic rings. The van der Waals surface area contributed by atoms with Crippen LogP contribution in [0.1, 0.15) is 5.56 Å². The Balaban J connectivity index is 2.99. The summed E-state index contributed by atoms with van der Waals surface area (Å²) in [5, 5.41) is 38.8. The van der Waals surface area contributed by atoms with Crippen LogP contribution < -0.4 is 0 Å². The maximum atomic E-state index is 11.8. The van der Waals surface area contributed by atoms with Crippen LogP contribution in [0.4, 0.5) is 5.69 Å². The normalized spacial score (nSPS) is 11.7. The molecule has 0 saturated carbocycles. The molecule has 0 aromatic heterocycles. The van der Waals surface area contributed by atoms with Gasteiger partial charge in [0, 0.05) is 13.1 Å². The monoisotopic (exact) mass is 439 g/mol. The van der Waals surface area contributed by atoms with E-state index in [0.717, 1.165) is 9.80 Å². The third kappa shape index (κ3) is 9.34. The standard InChI is InChI=1S/C18H21N3O8S/c22-15(23)8-20(9-16(24)25)5-6-21(10-17(26)27)14(18(28)29)7-12-1-3-13(4-2-12)19-11-30/h1-4,14H,5-10H2,(H,22,23)(H,24,25)(H,26,27)(H,28,29)/t14-/m0/s1. The number of rotatable bonds is 14. The predicted octanol–water partition coefficient (Wildman–Crippen LogP) is 0.274. The molecule has 0 bridgehead atoms. The van der Waals surface area contributed by atoms with Crippen LogP contribution in [0, 0.1) is 0 Å². The zero-order chi connectivity index (χ0) is 22.7. The highest BCUT2D eigenvalue weighted by atomic mass is 32.1. The molecule has 0 spiro atoms. The topological polar surface area (TPSA) is 168 Å². The van der Waals surface area contributed by atoms with Crippen LogP contribution >= 0.6 is 12.2 Å². The van der Waals surface area contributed by atoms with Crippen LogP contribution in [-0.4, -0.2) is 98.0 Å². The molecule has 0 saturated heterocycles. The fourth-order valence-electron chi connectivity index (χ4n) is 2.74. The number of nitrogens with zero attached hydrogens (tertiary/aromatic N) is 3. The van der Waals surface area contributed by atoms with E-state index in [1.165, 1.54) is 0 Å². The molecule has 30 heavy (non-hydrogen) atoms. The average Bonchev–Trinajstić information content (AvgIpc) is 2.63. The summed E-state index contributed by atoms with van der Waals surface area (Å²) in [7, 11) is 0. The Hall–Kier alpha value is -3.18. The van der Waals surface area contributed by atoms with Gasteiger partial charge in [-0.15, -0.1) is 0 Å². The Kier molecular flexibility index (Phi) is 10.3. The summed E-state index contributed by atoms with van der Waals surface area (Å²) in [5.74, 6) is -5.04. The molecule has 162 valence electrons. The number of benzene rings is 1. The van der Waals surface area contributed by atoms with Crippen molar-refractivity contribution in [2.45, 2.75) is 12.5 Å². The number of hydrogen-bond acceptors (Lipinski definition) is 8. The average molecular weight is 439 g/mol. The van der Waals surface area contributed by atoms with Crippen molar-refractivity contribution in [1.29, 1.82) is 0 Å². The van der Waals surface area contributed by atoms with Gasteiger partial charge in [0.1, 0.15) is 6.04 Å². The summed E-state index contributed by atoms with van der Waals surface area (Å²) in [4.78, 5) is 50.9. The number of carboxylic acids is 4. The zero-order valence-corrected chi connectivity index (χ0v) is 16.6. The quantitative estimate of drug-likeness (QED) is 0.232. The van der Waals surface area contributed by atoms with Gasteiger partial charge < -0.3 is 20.4 Å². The molecule has 1 aromatic rings. The molecule has 11 nitrogen and oxygen atoms in total. The fraction of sp³-hybridized carbons (Fsp3) is 0.389. The van der Waals surface area contributed by atoms with Gasteiger partial charge in [0.05, 0.1) is 30.5 Å². The molecule has 1 rings (SSSR count). The van der Waals surface area contributed by atoms with E-state index in [1.807, 2.05) is 0 Å². The first-order valence-corrected chi connectivity index (χ1v) is 9.04. The Morgan fingerprint density at radius 1 is 0.900 bits per heavy atom. The molecule has 0 aliphatic carbocycles. The van der Waals surface area contributed by atoms with E-state index in [0.29, 0.717) is 11.3 Å². The van der Waals surface area contributed by atoms with E-state index < -0.39 is 49.6 Å². The van der Waals surface area contributed by atoms with Crippen LogP contribution in [0.3, 0.4) is 0 Å². The summed E-state index contributed by atoms with van der Waals surface area (Å²) < 4.78 is 0. The fourth-order valence-corrected chi connectivity index (χ4v) is 2.85. The van der Waals surface area contributed by atoms with E-state index in [4.69, 9.17) is 15.3 Å². The first-order valence-electron chi connectivity index (χ1n) is 8.63. The second kappa shape index (κ2) is 12.4. The van der Waals surface area contributed by atoms with E-state index in [9.17, 15) is 24.3 Å². The van der Waals surface area contributed by atoms with Crippen molar-refractivity contribution in [3.63, 3.8) is 0 Å². The molecule has 4 N–H and O–H groups in total. The van der Waals surface area contributed by atoms with Gasteiger partial charge in [-0.1, -0.05) is 12.1 Å². The van der Waals surface area contributed by atoms with Crippen molar-refractivity contribution < 1.29 is 39.6 Å². The molecular formula is C18H21N3O8S. The number of thiocarbonyl (C=S) groups is 1. The third-order valence-corrected chi connectivity index (χ3v) is 4.12. The number of aliphatic imine (C=N–C) groups is 1. The number of carbonyl (C=O) groups is 4. The lowest BCUT2D eigenvalue weighted by Gasteiger charge is -2.29. The lowest BCUT2D eigenvalue weighted by Crippen LogP contribution is -2.49. The maximum absolute atomic E-state index is 11.8. The van der Waals surface area contributed by atoms with E-state index in [1.54, 1.807) is 24.3 Å². The summed E-state index contributed by atoms with van der Waals surface area (Å²) >= 11 is 4.51. The first kappa shape index (κ1) is 24.9. The molecule has 12 heteroatoms. The van der Waals surface area contributed by atoms with Crippen molar-refractivity contribution in [1.82, 2.24) is 9.80 Å². The van der Waals surface area contributed by atoms with Crippen LogP contribution in [0.5, 0.6) is 0 Å². The highest BCUT2D eigenvalue weighted by Crippen LogP contribution is 2.16. The van der Waals surface area contributed by atoms with Crippen molar-refractivity contribution in [3.05, 3.63) is 29.8 Å². The van der Waals surface area contributed by atoms with E-state index in [2.05, 4.69) is 22.4 Å². The van der Waals surface area contributed by atoms with Gasteiger partial charge in [-0.3, -0.25) is 29.0 Å². The van der Waals surface area contributed by atoms with E-state index >= 15 is 0 Å². The minimum atomic E-state index is -1.27. The highest BCUT2D eigenvalue weighted by molar-refractivity contribution is 7.78. The molecule has 0 heterocycles. The molecule has 0 amide bonds. The minimum absolute atomic E-state index is 0.0257. The zero-order valence-electron chi connectivity index (χ0n) is 15.8. The SMILES string of the molecule is O=C(O)CN(CCN(CC(=O)O)[C@@H](Cc1ccc(N=C=S)cc1)C(=O)O)CC(=O)O. The first-order chi connectivity index (χ1) is 14.1. The van der Waals surface area contributed by atoms with Gasteiger partial charge in [-0.2, -0.15) is 4.99 Å². The smallest absolute Gasteiger partial charge is 0.321 e. The van der Waals surface area contributed by atoms with E-state index in [-0.39, 0.29) is 19.5 Å². The molecule has 0 aliphatic heterocycles. The number of hydrogen-bond donors (Lipinski definition) is 4. The van der Waals surface area contributed by atoms with Crippen LogP contribution in [0.25, 0.3) is 0 Å². The van der Waals surface area contributed by atoms with Crippen LogP contribution in [-0.2, 0) is 25.6 Å². The van der Waals surface area contributed by atoms with Gasteiger partial charge in [-0.05, 0) is 36.3 Å². The number of isothiocyanates is 1. The summed E-state index contributed by atoms with van der Waals surface area (Å²) in [5.41, 5.74) is 1.13. The molecule has 0 unspecified atom stereocenters. The van der Waals surface area contributed by atoms with Crippen molar-refractivity contribution in [2.75, 3.05) is 32.7 Å². The van der Waals surface area contributed by atoms with Crippen molar-refractivity contribution >= 4 is 46.9 Å². The molecule has 0 fully saturated rings. The third-order valence-electron chi connectivity index (χ3n) is 4.03. The number of carboxylic acid groups (broad SMARTS) is 4. The van der Waals surface area contributed by atoms with Gasteiger partial charge in [0.15, 0.2) is 0 Å². The maximum Gasteiger partial charge on any atom is 0.321 e. The Bertz CT molecular complexity index is 807. The highest BCUT2D eigenvalue weighted by Gasteiger charge is 2.28. The van der Waals surface area contributed by atoms with Crippen LogP contribution in [0.15, 0.2) is 29.3 Å². The Morgan fingerprint density at radius 3 is 1.87 bits per heavy atom. The summed E-state index contributed by atoms with van der Waals surface area (Å²) in [6, 6.07) is 5.24. The lowest BCUT2D eigenvalue weighted by molar-refractivity contribution is -0.148. The molecule has 0 radical (unpaired) electrons. The molecular weight excluding hydrogens is 418 g/mol. The summed E-state index contributed by atoms with van der Waals surface area (Å²) in [6.07, 6.45) is -0.0257. The summed E-state index contributed by atoms with van der Waals surface area (Å²) in [6.45, 7) is -2.06. The minimum Gasteiger partial charge on any atom is -0.480 e. The van der Waals surface area contributed by atoms with Gasteiger partial charge >= 0.3 is 23.9 Å². The van der Waals surface area contributed by atoms with Crippen molar-refractivity contribution in [2.24, 2.45) is 4.99 Å². The molecule has 1 aromatic carbocycles. The van der Waals surface area contributed by atoms with Gasteiger partial charge in [0.2, 0.25) is 0 Å². The Labute approximate surface area is 176 Å². The Morgan fingerprint density at radius 2 is 1.43 bits per heavy atom. The second-order valence-electron chi connectivity index (χ2n) is 6.29. The number of aliphatic carboxylic acids is 4. The largest absolute Gasteiger partial charge is 0.480 e. The van der Waals surface area contributed by atoms with Crippen molar-refractivity contribution in [3.8, 4) is 0 Å². The lowest BCUT2D eigenvalue weighted by atomic mass is 10.0. The van der Waals surface area contributed by atoms with Gasteiger partial charge in [-0.25, -0.2) is 0 Å². The van der Waals surface area contributed by atoms with Gasteiger partial charge in [0.25, 0.3) is 0 Å². The van der Waals surface area contributed by atoms with Crippen LogP contribution in [0.2, 0.25) is 0 Å². The second-order valence-corrected chi connectivity index (χ2v) is 6.47. The molecule has 1 atom stereocenters. The predicted molar refractivity (Wildman–Crippen MR) is 107 cm³/mol.